The maximum atomic E-state index is 9.86. The molecule has 3 N–H and O–H groups in total. The zero-order chi connectivity index (χ0) is 14.7. The maximum absolute atomic E-state index is 9.86. The van der Waals surface area contributed by atoms with E-state index < -0.39 is 0 Å². The molecule has 1 heterocycles. The van der Waals surface area contributed by atoms with Crippen molar-refractivity contribution in [2.45, 2.75) is 32.4 Å². The number of rotatable bonds is 4. The Balaban J connectivity index is 2.14. The molecule has 1 aliphatic heterocycles. The van der Waals surface area contributed by atoms with E-state index in [1.807, 2.05) is 12.1 Å². The smallest absolute Gasteiger partial charge is 0.172 e. The lowest BCUT2D eigenvalue weighted by atomic mass is 9.93. The van der Waals surface area contributed by atoms with Gasteiger partial charge in [-0.3, -0.25) is 4.90 Å². The molecule has 0 spiro atoms. The van der Waals surface area contributed by atoms with Crippen LogP contribution in [0.3, 0.4) is 0 Å². The van der Waals surface area contributed by atoms with Crippen LogP contribution in [0.4, 0.5) is 0 Å². The third kappa shape index (κ3) is 3.45. The number of phenols is 1. The van der Waals surface area contributed by atoms with Crippen LogP contribution in [0.25, 0.3) is 0 Å². The van der Waals surface area contributed by atoms with E-state index in [1.54, 1.807) is 7.11 Å². The van der Waals surface area contributed by atoms with Crippen molar-refractivity contribution in [3.8, 4) is 11.5 Å². The van der Waals surface area contributed by atoms with Crippen molar-refractivity contribution in [2.24, 2.45) is 11.7 Å². The quantitative estimate of drug-likeness (QED) is 0.883. The lowest BCUT2D eigenvalue weighted by molar-refractivity contribution is 0.113. The average Bonchev–Trinajstić information content (AvgIpc) is 2.45. The molecule has 4 nitrogen and oxygen atoms in total. The first kappa shape index (κ1) is 15.6. The van der Waals surface area contributed by atoms with Gasteiger partial charge in [-0.05, 0) is 65.9 Å². The van der Waals surface area contributed by atoms with Gasteiger partial charge in [0.1, 0.15) is 0 Å². The van der Waals surface area contributed by atoms with Crippen LogP contribution in [-0.2, 0) is 6.54 Å². The van der Waals surface area contributed by atoms with Gasteiger partial charge >= 0.3 is 0 Å². The minimum absolute atomic E-state index is 0.155. The molecule has 1 saturated heterocycles. The summed E-state index contributed by atoms with van der Waals surface area (Å²) in [6.07, 6.45) is 2.41. The molecule has 2 rings (SSSR count). The van der Waals surface area contributed by atoms with Crippen LogP contribution in [-0.4, -0.2) is 36.2 Å². The second-order valence-electron chi connectivity index (χ2n) is 5.59. The molecule has 0 amide bonds. The predicted octanol–water partition coefficient (Wildman–Crippen LogP) is 2.72. The summed E-state index contributed by atoms with van der Waals surface area (Å²) in [6, 6.07) is 4.42. The normalized spacial score (nSPS) is 23.8. The minimum atomic E-state index is 0.155. The number of nitrogens with two attached hydrogens (primary N) is 1. The molecule has 2 atom stereocenters. The number of halogens is 1. The predicted molar refractivity (Wildman–Crippen MR) is 84.0 cm³/mol. The summed E-state index contributed by atoms with van der Waals surface area (Å²) < 4.78 is 5.88. The van der Waals surface area contributed by atoms with E-state index in [2.05, 4.69) is 27.8 Å². The van der Waals surface area contributed by atoms with E-state index in [0.29, 0.717) is 22.2 Å². The average molecular weight is 343 g/mol. The van der Waals surface area contributed by atoms with Crippen molar-refractivity contribution in [1.29, 1.82) is 0 Å². The van der Waals surface area contributed by atoms with Crippen LogP contribution in [0.2, 0.25) is 0 Å². The van der Waals surface area contributed by atoms with Gasteiger partial charge in [-0.15, -0.1) is 0 Å². The van der Waals surface area contributed by atoms with Crippen LogP contribution in [0.5, 0.6) is 11.5 Å². The summed E-state index contributed by atoms with van der Waals surface area (Å²) in [5.41, 5.74) is 6.94. The highest BCUT2D eigenvalue weighted by Crippen LogP contribution is 2.36. The summed E-state index contributed by atoms with van der Waals surface area (Å²) in [4.78, 5) is 2.46. The van der Waals surface area contributed by atoms with Gasteiger partial charge in [0.2, 0.25) is 0 Å². The number of ether oxygens (including phenoxy) is 1. The topological polar surface area (TPSA) is 58.7 Å². The van der Waals surface area contributed by atoms with E-state index in [1.165, 1.54) is 12.8 Å². The first-order chi connectivity index (χ1) is 9.55. The third-order valence-electron chi connectivity index (χ3n) is 4.14. The van der Waals surface area contributed by atoms with Crippen molar-refractivity contribution >= 4 is 15.9 Å². The largest absolute Gasteiger partial charge is 0.503 e. The van der Waals surface area contributed by atoms with Gasteiger partial charge in [0.25, 0.3) is 0 Å². The van der Waals surface area contributed by atoms with E-state index in [9.17, 15) is 5.11 Å². The molecule has 0 aliphatic carbocycles. The SMILES string of the molecule is COc1cc(CN2CC(CN)CCC2C)cc(Br)c1O. The molecule has 2 unspecified atom stereocenters. The summed E-state index contributed by atoms with van der Waals surface area (Å²) in [6.45, 7) is 4.91. The first-order valence-electron chi connectivity index (χ1n) is 7.04. The number of phenolic OH excluding ortho intramolecular Hbond substituents is 1. The lowest BCUT2D eigenvalue weighted by Crippen LogP contribution is -2.43. The van der Waals surface area contributed by atoms with E-state index in [-0.39, 0.29) is 5.75 Å². The fourth-order valence-electron chi connectivity index (χ4n) is 2.78. The fraction of sp³-hybridized carbons (Fsp3) is 0.600. The molecule has 0 saturated carbocycles. The van der Waals surface area contributed by atoms with Gasteiger partial charge in [-0.1, -0.05) is 0 Å². The summed E-state index contributed by atoms with van der Waals surface area (Å²) in [5, 5.41) is 9.86. The molecule has 1 fully saturated rings. The first-order valence-corrected chi connectivity index (χ1v) is 7.84. The van der Waals surface area contributed by atoms with Crippen LogP contribution < -0.4 is 10.5 Å². The highest BCUT2D eigenvalue weighted by Gasteiger charge is 2.25. The molecule has 1 aliphatic rings. The molecular weight excluding hydrogens is 320 g/mol. The summed E-state index contributed by atoms with van der Waals surface area (Å²) >= 11 is 3.37. The monoisotopic (exact) mass is 342 g/mol. The molecule has 1 aromatic carbocycles. The van der Waals surface area contributed by atoms with Crippen LogP contribution in [0.1, 0.15) is 25.3 Å². The fourth-order valence-corrected chi connectivity index (χ4v) is 3.27. The number of methoxy groups -OCH3 is 1. The van der Waals surface area contributed by atoms with Crippen LogP contribution >= 0.6 is 15.9 Å². The van der Waals surface area contributed by atoms with Crippen molar-refractivity contribution in [2.75, 3.05) is 20.2 Å². The molecule has 5 heteroatoms. The maximum Gasteiger partial charge on any atom is 0.172 e. The second-order valence-corrected chi connectivity index (χ2v) is 6.44. The zero-order valence-electron chi connectivity index (χ0n) is 12.1. The van der Waals surface area contributed by atoms with Crippen molar-refractivity contribution in [1.82, 2.24) is 4.90 Å². The number of hydrogen-bond donors (Lipinski definition) is 2. The summed E-state index contributed by atoms with van der Waals surface area (Å²) in [7, 11) is 1.57. The third-order valence-corrected chi connectivity index (χ3v) is 4.74. The Bertz CT molecular complexity index is 467. The van der Waals surface area contributed by atoms with Crippen LogP contribution in [0, 0.1) is 5.92 Å². The number of aromatic hydroxyl groups is 1. The van der Waals surface area contributed by atoms with E-state index >= 15 is 0 Å². The van der Waals surface area contributed by atoms with Crippen LogP contribution in [0.15, 0.2) is 16.6 Å². The number of piperidine rings is 1. The van der Waals surface area contributed by atoms with Gasteiger partial charge in [0.15, 0.2) is 11.5 Å². The lowest BCUT2D eigenvalue weighted by Gasteiger charge is -2.37. The molecular formula is C15H23BrN2O2. The van der Waals surface area contributed by atoms with Crippen molar-refractivity contribution < 1.29 is 9.84 Å². The molecule has 112 valence electrons. The molecule has 1 aromatic rings. The molecule has 0 bridgehead atoms. The van der Waals surface area contributed by atoms with Crippen molar-refractivity contribution in [3.05, 3.63) is 22.2 Å². The highest BCUT2D eigenvalue weighted by atomic mass is 79.9. The Kier molecular flexibility index (Phi) is 5.29. The zero-order valence-corrected chi connectivity index (χ0v) is 13.7. The molecule has 0 aromatic heterocycles. The van der Waals surface area contributed by atoms with Gasteiger partial charge in [-0.2, -0.15) is 0 Å². The summed E-state index contributed by atoms with van der Waals surface area (Å²) in [5.74, 6) is 1.26. The van der Waals surface area contributed by atoms with Gasteiger partial charge in [0.05, 0.1) is 11.6 Å². The highest BCUT2D eigenvalue weighted by molar-refractivity contribution is 9.10. The molecule has 0 radical (unpaired) electrons. The second kappa shape index (κ2) is 6.78. The van der Waals surface area contributed by atoms with Gasteiger partial charge in [0, 0.05) is 19.1 Å². The Morgan fingerprint density at radius 2 is 2.20 bits per heavy atom. The number of nitrogens with zero attached hydrogens (tertiary/aromatic N) is 1. The standard InChI is InChI=1S/C15H23BrN2O2/c1-10-3-4-11(7-17)8-18(10)9-12-5-13(16)15(19)14(6-12)20-2/h5-6,10-11,19H,3-4,7-9,17H2,1-2H3. The molecule has 20 heavy (non-hydrogen) atoms. The van der Waals surface area contributed by atoms with Gasteiger partial charge in [-0.25, -0.2) is 0 Å². The number of hydrogen-bond acceptors (Lipinski definition) is 4. The Morgan fingerprint density at radius 3 is 2.85 bits per heavy atom. The Labute approximate surface area is 129 Å². The Hall–Kier alpha value is -0.780. The Morgan fingerprint density at radius 1 is 1.45 bits per heavy atom. The van der Waals surface area contributed by atoms with Gasteiger partial charge < -0.3 is 15.6 Å². The number of likely N-dealkylation sites (tertiary alicyclic amines) is 1. The van der Waals surface area contributed by atoms with Crippen molar-refractivity contribution in [3.63, 3.8) is 0 Å². The van der Waals surface area contributed by atoms with E-state index in [0.717, 1.165) is 25.2 Å². The van der Waals surface area contributed by atoms with E-state index in [4.69, 9.17) is 10.5 Å². The number of benzene rings is 1. The minimum Gasteiger partial charge on any atom is -0.503 e.